The van der Waals surface area contributed by atoms with Gasteiger partial charge in [0.15, 0.2) is 0 Å². The summed E-state index contributed by atoms with van der Waals surface area (Å²) in [6.07, 6.45) is 5.13. The molecule has 1 aromatic carbocycles. The number of benzene rings is 1. The number of nitrogens with zero attached hydrogens (tertiary/aromatic N) is 1. The van der Waals surface area contributed by atoms with Crippen LogP contribution in [0.4, 0.5) is 0 Å². The molecule has 0 aliphatic rings. The lowest BCUT2D eigenvalue weighted by Crippen LogP contribution is -1.85. The number of hydrogen-bond acceptors (Lipinski definition) is 2. The van der Waals surface area contributed by atoms with Crippen molar-refractivity contribution in [3.05, 3.63) is 47.7 Å². The summed E-state index contributed by atoms with van der Waals surface area (Å²) < 4.78 is 5.54. The van der Waals surface area contributed by atoms with Gasteiger partial charge in [-0.05, 0) is 48.7 Å². The molecule has 0 saturated carbocycles. The first-order valence-electron chi connectivity index (χ1n) is 5.92. The van der Waals surface area contributed by atoms with Gasteiger partial charge >= 0.3 is 0 Å². The van der Waals surface area contributed by atoms with Crippen molar-refractivity contribution in [3.63, 3.8) is 0 Å². The number of nitriles is 1. The summed E-state index contributed by atoms with van der Waals surface area (Å²) in [5.41, 5.74) is 2.96. The molecule has 1 aromatic heterocycles. The van der Waals surface area contributed by atoms with Gasteiger partial charge in [-0.3, -0.25) is 0 Å². The molecule has 0 bridgehead atoms. The second kappa shape index (κ2) is 5.36. The lowest BCUT2D eigenvalue weighted by Gasteiger charge is -2.02. The highest BCUT2D eigenvalue weighted by molar-refractivity contribution is 5.62. The quantitative estimate of drug-likeness (QED) is 0.783. The number of furan rings is 1. The highest BCUT2D eigenvalue weighted by atomic mass is 16.3. The zero-order chi connectivity index (χ0) is 12.1. The third-order valence-electron chi connectivity index (χ3n) is 2.82. The maximum absolute atomic E-state index is 8.76. The van der Waals surface area contributed by atoms with Crippen molar-refractivity contribution in [2.45, 2.75) is 26.2 Å². The fourth-order valence-electron chi connectivity index (χ4n) is 1.85. The zero-order valence-electron chi connectivity index (χ0n) is 9.94. The lowest BCUT2D eigenvalue weighted by atomic mass is 10.0. The second-order valence-electron chi connectivity index (χ2n) is 4.07. The van der Waals surface area contributed by atoms with Gasteiger partial charge in [-0.2, -0.15) is 5.26 Å². The standard InChI is InChI=1S/C15H15NO/c1-2-3-4-13-9-10-17-15(13)14-7-5-12(11-16)6-8-14/h5-10H,2-4H2,1H3. The van der Waals surface area contributed by atoms with E-state index in [0.717, 1.165) is 17.7 Å². The van der Waals surface area contributed by atoms with Gasteiger partial charge in [0.25, 0.3) is 0 Å². The Hall–Kier alpha value is -2.01. The van der Waals surface area contributed by atoms with E-state index in [9.17, 15) is 0 Å². The van der Waals surface area contributed by atoms with Gasteiger partial charge in [0.1, 0.15) is 5.76 Å². The van der Waals surface area contributed by atoms with Gasteiger partial charge in [-0.15, -0.1) is 0 Å². The predicted octanol–water partition coefficient (Wildman–Crippen LogP) is 4.16. The molecule has 0 aliphatic carbocycles. The molecule has 0 atom stereocenters. The number of rotatable bonds is 4. The van der Waals surface area contributed by atoms with E-state index in [1.54, 1.807) is 6.26 Å². The van der Waals surface area contributed by atoms with Gasteiger partial charge < -0.3 is 4.42 Å². The van der Waals surface area contributed by atoms with E-state index >= 15 is 0 Å². The summed E-state index contributed by atoms with van der Waals surface area (Å²) in [6, 6.07) is 11.7. The maximum atomic E-state index is 8.76. The number of unbranched alkanes of at least 4 members (excludes halogenated alkanes) is 1. The Balaban J connectivity index is 2.26. The van der Waals surface area contributed by atoms with Crippen LogP contribution in [-0.2, 0) is 6.42 Å². The molecule has 2 aromatic rings. The molecule has 0 amide bonds. The van der Waals surface area contributed by atoms with Crippen LogP contribution >= 0.6 is 0 Å². The molecule has 0 N–H and O–H groups in total. The van der Waals surface area contributed by atoms with E-state index in [4.69, 9.17) is 9.68 Å². The van der Waals surface area contributed by atoms with E-state index in [2.05, 4.69) is 13.0 Å². The molecule has 1 heterocycles. The van der Waals surface area contributed by atoms with Crippen molar-refractivity contribution in [3.8, 4) is 17.4 Å². The monoisotopic (exact) mass is 225 g/mol. The molecule has 0 unspecified atom stereocenters. The summed E-state index contributed by atoms with van der Waals surface area (Å²) in [5.74, 6) is 0.933. The van der Waals surface area contributed by atoms with Crippen LogP contribution in [0.1, 0.15) is 30.9 Å². The van der Waals surface area contributed by atoms with Gasteiger partial charge in [0, 0.05) is 5.56 Å². The Morgan fingerprint density at radius 3 is 2.59 bits per heavy atom. The largest absolute Gasteiger partial charge is 0.464 e. The number of aryl methyl sites for hydroxylation is 1. The van der Waals surface area contributed by atoms with Crippen LogP contribution in [0.25, 0.3) is 11.3 Å². The van der Waals surface area contributed by atoms with Gasteiger partial charge in [-0.1, -0.05) is 13.3 Å². The normalized spacial score (nSPS) is 10.1. The Morgan fingerprint density at radius 2 is 1.94 bits per heavy atom. The van der Waals surface area contributed by atoms with Gasteiger partial charge in [-0.25, -0.2) is 0 Å². The van der Waals surface area contributed by atoms with E-state index in [1.165, 1.54) is 18.4 Å². The van der Waals surface area contributed by atoms with Crippen molar-refractivity contribution >= 4 is 0 Å². The topological polar surface area (TPSA) is 36.9 Å². The van der Waals surface area contributed by atoms with Crippen LogP contribution in [0.5, 0.6) is 0 Å². The molecule has 86 valence electrons. The number of hydrogen-bond donors (Lipinski definition) is 0. The molecule has 2 heteroatoms. The minimum Gasteiger partial charge on any atom is -0.464 e. The Bertz CT molecular complexity index is 517. The summed E-state index contributed by atoms with van der Waals surface area (Å²) in [4.78, 5) is 0. The molecule has 0 saturated heterocycles. The van der Waals surface area contributed by atoms with Crippen molar-refractivity contribution in [2.75, 3.05) is 0 Å². The Morgan fingerprint density at radius 1 is 1.18 bits per heavy atom. The first kappa shape index (κ1) is 11.5. The lowest BCUT2D eigenvalue weighted by molar-refractivity contribution is 0.578. The van der Waals surface area contributed by atoms with Crippen LogP contribution in [-0.4, -0.2) is 0 Å². The second-order valence-corrected chi connectivity index (χ2v) is 4.07. The summed E-state index contributed by atoms with van der Waals surface area (Å²) in [7, 11) is 0. The molecular weight excluding hydrogens is 210 g/mol. The highest BCUT2D eigenvalue weighted by Crippen LogP contribution is 2.26. The molecular formula is C15H15NO. The van der Waals surface area contributed by atoms with E-state index < -0.39 is 0 Å². The molecule has 2 nitrogen and oxygen atoms in total. The molecule has 0 radical (unpaired) electrons. The Kier molecular flexibility index (Phi) is 3.62. The smallest absolute Gasteiger partial charge is 0.137 e. The molecule has 17 heavy (non-hydrogen) atoms. The van der Waals surface area contributed by atoms with E-state index in [1.807, 2.05) is 30.3 Å². The molecule has 0 aliphatic heterocycles. The highest BCUT2D eigenvalue weighted by Gasteiger charge is 2.08. The average Bonchev–Trinajstić information content (AvgIpc) is 2.84. The van der Waals surface area contributed by atoms with Crippen molar-refractivity contribution in [2.24, 2.45) is 0 Å². The maximum Gasteiger partial charge on any atom is 0.137 e. The van der Waals surface area contributed by atoms with Crippen molar-refractivity contribution < 1.29 is 4.42 Å². The minimum atomic E-state index is 0.676. The van der Waals surface area contributed by atoms with Crippen LogP contribution in [0.2, 0.25) is 0 Å². The van der Waals surface area contributed by atoms with E-state index in [0.29, 0.717) is 5.56 Å². The summed E-state index contributed by atoms with van der Waals surface area (Å²) >= 11 is 0. The SMILES string of the molecule is CCCCc1ccoc1-c1ccc(C#N)cc1. The fourth-order valence-corrected chi connectivity index (χ4v) is 1.85. The van der Waals surface area contributed by atoms with Crippen LogP contribution in [0.3, 0.4) is 0 Å². The molecule has 0 spiro atoms. The van der Waals surface area contributed by atoms with Gasteiger partial charge in [0.2, 0.25) is 0 Å². The van der Waals surface area contributed by atoms with Crippen LogP contribution in [0, 0.1) is 11.3 Å². The van der Waals surface area contributed by atoms with Gasteiger partial charge in [0.05, 0.1) is 17.9 Å². The van der Waals surface area contributed by atoms with E-state index in [-0.39, 0.29) is 0 Å². The third kappa shape index (κ3) is 2.57. The first-order valence-corrected chi connectivity index (χ1v) is 5.92. The van der Waals surface area contributed by atoms with Crippen molar-refractivity contribution in [1.82, 2.24) is 0 Å². The molecule has 2 rings (SSSR count). The fraction of sp³-hybridized carbons (Fsp3) is 0.267. The third-order valence-corrected chi connectivity index (χ3v) is 2.82. The molecule has 0 fully saturated rings. The summed E-state index contributed by atoms with van der Waals surface area (Å²) in [6.45, 7) is 2.18. The first-order chi connectivity index (χ1) is 8.35. The Labute approximate surface area is 102 Å². The predicted molar refractivity (Wildman–Crippen MR) is 67.5 cm³/mol. The zero-order valence-corrected chi connectivity index (χ0v) is 9.94. The summed E-state index contributed by atoms with van der Waals surface area (Å²) in [5, 5.41) is 8.76. The van der Waals surface area contributed by atoms with Crippen molar-refractivity contribution in [1.29, 1.82) is 5.26 Å². The van der Waals surface area contributed by atoms with Crippen LogP contribution < -0.4 is 0 Å². The average molecular weight is 225 g/mol. The van der Waals surface area contributed by atoms with Crippen LogP contribution in [0.15, 0.2) is 41.0 Å². The minimum absolute atomic E-state index is 0.676.